The number of nitrogens with zero attached hydrogens (tertiary/aromatic N) is 1. The smallest absolute Gasteiger partial charge is 0.288 e. The molecule has 1 aromatic heterocycles. The molecule has 144 valence electrons. The van der Waals surface area contributed by atoms with Gasteiger partial charge in [0.25, 0.3) is 11.8 Å². The number of imidazole rings is 1. The van der Waals surface area contributed by atoms with Crippen molar-refractivity contribution in [1.29, 1.82) is 0 Å². The van der Waals surface area contributed by atoms with Gasteiger partial charge in [-0.15, -0.1) is 0 Å². The molecule has 3 rings (SSSR count). The highest BCUT2D eigenvalue weighted by atomic mass is 79.9. The van der Waals surface area contributed by atoms with Crippen molar-refractivity contribution in [3.05, 3.63) is 75.7 Å². The van der Waals surface area contributed by atoms with Crippen LogP contribution >= 0.6 is 28.1 Å². The highest BCUT2D eigenvalue weighted by Gasteiger charge is 2.18. The number of rotatable bonds is 5. The molecule has 9 heteroatoms. The van der Waals surface area contributed by atoms with Crippen LogP contribution in [0.1, 0.15) is 17.4 Å². The van der Waals surface area contributed by atoms with Gasteiger partial charge in [0, 0.05) is 16.4 Å². The summed E-state index contributed by atoms with van der Waals surface area (Å²) in [6.07, 6.45) is 0.676. The Morgan fingerprint density at radius 3 is 2.61 bits per heavy atom. The average molecular weight is 461 g/mol. The first-order chi connectivity index (χ1) is 13.5. The summed E-state index contributed by atoms with van der Waals surface area (Å²) in [6.45, 7) is 1.59. The molecule has 1 unspecified atom stereocenters. The molecule has 0 aliphatic heterocycles. The summed E-state index contributed by atoms with van der Waals surface area (Å²) in [5.41, 5.74) is 5.75. The molecule has 0 fully saturated rings. The molecular weight excluding hydrogens is 444 g/mol. The Labute approximate surface area is 174 Å². The Balaban J connectivity index is 1.64. The van der Waals surface area contributed by atoms with Crippen LogP contribution in [0.5, 0.6) is 5.75 Å². The van der Waals surface area contributed by atoms with Gasteiger partial charge in [0.1, 0.15) is 11.4 Å². The van der Waals surface area contributed by atoms with E-state index in [2.05, 4.69) is 31.8 Å². The van der Waals surface area contributed by atoms with Gasteiger partial charge in [0.05, 0.1) is 0 Å². The molecule has 0 saturated carbocycles. The molecule has 3 aromatic rings. The van der Waals surface area contributed by atoms with Crippen LogP contribution in [0.25, 0.3) is 5.69 Å². The number of hydrogen-bond donors (Lipinski definition) is 3. The largest absolute Gasteiger partial charge is 0.481 e. The van der Waals surface area contributed by atoms with E-state index in [0.717, 1.165) is 10.2 Å². The van der Waals surface area contributed by atoms with Crippen LogP contribution in [0.4, 0.5) is 0 Å². The number of amides is 2. The van der Waals surface area contributed by atoms with E-state index in [1.165, 1.54) is 6.20 Å². The van der Waals surface area contributed by atoms with Crippen molar-refractivity contribution in [3.8, 4) is 11.4 Å². The second kappa shape index (κ2) is 8.85. The highest BCUT2D eigenvalue weighted by Crippen LogP contribution is 2.19. The van der Waals surface area contributed by atoms with Crippen molar-refractivity contribution in [2.75, 3.05) is 0 Å². The fourth-order valence-corrected chi connectivity index (χ4v) is 3.09. The fraction of sp³-hybridized carbons (Fsp3) is 0.105. The summed E-state index contributed by atoms with van der Waals surface area (Å²) in [4.78, 5) is 27.6. The van der Waals surface area contributed by atoms with Crippen LogP contribution in [0.2, 0.25) is 0 Å². The third-order valence-electron chi connectivity index (χ3n) is 3.80. The molecule has 3 N–H and O–H groups in total. The van der Waals surface area contributed by atoms with Crippen molar-refractivity contribution in [2.45, 2.75) is 13.0 Å². The molecule has 0 aliphatic carbocycles. The van der Waals surface area contributed by atoms with Gasteiger partial charge in [-0.1, -0.05) is 40.2 Å². The number of hydrazine groups is 1. The Kier molecular flexibility index (Phi) is 6.27. The number of aromatic amines is 1. The first-order valence-electron chi connectivity index (χ1n) is 8.34. The molecule has 1 heterocycles. The second-order valence-electron chi connectivity index (χ2n) is 5.81. The van der Waals surface area contributed by atoms with Gasteiger partial charge in [-0.2, -0.15) is 0 Å². The number of carbonyl (C=O) groups excluding carboxylic acids is 2. The predicted octanol–water partition coefficient (Wildman–Crippen LogP) is 3.53. The number of H-pyrrole nitrogens is 1. The Morgan fingerprint density at radius 2 is 1.89 bits per heavy atom. The summed E-state index contributed by atoms with van der Waals surface area (Å²) < 4.78 is 8.36. The number of ether oxygens (including phenoxy) is 1. The van der Waals surface area contributed by atoms with E-state index < -0.39 is 17.9 Å². The third-order valence-corrected chi connectivity index (χ3v) is 4.59. The maximum atomic E-state index is 12.5. The number of benzene rings is 2. The van der Waals surface area contributed by atoms with Gasteiger partial charge >= 0.3 is 0 Å². The van der Waals surface area contributed by atoms with Crippen molar-refractivity contribution in [3.63, 3.8) is 0 Å². The van der Waals surface area contributed by atoms with Crippen molar-refractivity contribution in [1.82, 2.24) is 20.4 Å². The number of nitrogens with one attached hydrogen (secondary N) is 3. The lowest BCUT2D eigenvalue weighted by molar-refractivity contribution is -0.128. The molecule has 28 heavy (non-hydrogen) atoms. The molecule has 0 aliphatic rings. The third kappa shape index (κ3) is 4.68. The van der Waals surface area contributed by atoms with E-state index >= 15 is 0 Å². The van der Waals surface area contributed by atoms with Gasteiger partial charge in [0.2, 0.25) is 0 Å². The molecule has 2 amide bonds. The molecule has 0 saturated heterocycles. The Morgan fingerprint density at radius 1 is 1.14 bits per heavy atom. The van der Waals surface area contributed by atoms with E-state index in [9.17, 15) is 9.59 Å². The van der Waals surface area contributed by atoms with E-state index in [4.69, 9.17) is 17.0 Å². The Bertz CT molecular complexity index is 1050. The minimum Gasteiger partial charge on any atom is -0.481 e. The van der Waals surface area contributed by atoms with Crippen LogP contribution in [0, 0.1) is 4.77 Å². The standard InChI is InChI=1S/C19H17BrN4O3S/c1-12(27-15-9-5-6-13(20)10-15)17(25)22-23-18(26)16-11-21-19(28)24(16)14-7-3-2-4-8-14/h2-12H,1H3,(H,21,28)(H,22,25)(H,23,26). The van der Waals surface area contributed by atoms with Gasteiger partial charge in [-0.25, -0.2) is 0 Å². The van der Waals surface area contributed by atoms with E-state index in [1.54, 1.807) is 29.7 Å². The van der Waals surface area contributed by atoms with Crippen LogP contribution in [0.15, 0.2) is 65.3 Å². The molecule has 1 atom stereocenters. The molecular formula is C19H17BrN4O3S. The summed E-state index contributed by atoms with van der Waals surface area (Å²) >= 11 is 8.59. The fourth-order valence-electron chi connectivity index (χ4n) is 2.45. The van der Waals surface area contributed by atoms with Crippen LogP contribution in [-0.2, 0) is 4.79 Å². The Hall–Kier alpha value is -2.91. The number of para-hydroxylation sites is 1. The first-order valence-corrected chi connectivity index (χ1v) is 9.54. The normalized spacial score (nSPS) is 11.5. The maximum absolute atomic E-state index is 12.5. The lowest BCUT2D eigenvalue weighted by atomic mass is 10.3. The van der Waals surface area contributed by atoms with Crippen LogP contribution in [0.3, 0.4) is 0 Å². The lowest BCUT2D eigenvalue weighted by Crippen LogP contribution is -2.47. The van der Waals surface area contributed by atoms with Crippen molar-refractivity contribution in [2.24, 2.45) is 0 Å². The zero-order valence-corrected chi connectivity index (χ0v) is 17.2. The van der Waals surface area contributed by atoms with Gasteiger partial charge < -0.3 is 9.72 Å². The second-order valence-corrected chi connectivity index (χ2v) is 7.11. The van der Waals surface area contributed by atoms with Crippen molar-refractivity contribution < 1.29 is 14.3 Å². The average Bonchev–Trinajstić information content (AvgIpc) is 3.08. The molecule has 0 bridgehead atoms. The summed E-state index contributed by atoms with van der Waals surface area (Å²) in [5.74, 6) is -0.473. The molecule has 0 spiro atoms. The van der Waals surface area contributed by atoms with Gasteiger partial charge in [0.15, 0.2) is 10.9 Å². The van der Waals surface area contributed by atoms with Crippen LogP contribution < -0.4 is 15.6 Å². The SMILES string of the molecule is CC(Oc1cccc(Br)c1)C(=O)NNC(=O)c1c[nH]c(=S)n1-c1ccccc1. The quantitative estimate of drug-likeness (QED) is 0.401. The minimum atomic E-state index is -0.809. The highest BCUT2D eigenvalue weighted by molar-refractivity contribution is 9.10. The number of hydrogen-bond acceptors (Lipinski definition) is 4. The van der Waals surface area contributed by atoms with E-state index in [-0.39, 0.29) is 5.69 Å². The zero-order chi connectivity index (χ0) is 20.1. The predicted molar refractivity (Wildman–Crippen MR) is 111 cm³/mol. The maximum Gasteiger partial charge on any atom is 0.288 e. The van der Waals surface area contributed by atoms with Gasteiger partial charge in [-0.3, -0.25) is 25.0 Å². The topological polar surface area (TPSA) is 88.2 Å². The van der Waals surface area contributed by atoms with Crippen LogP contribution in [-0.4, -0.2) is 27.5 Å². The first kappa shape index (κ1) is 19.8. The summed E-state index contributed by atoms with van der Waals surface area (Å²) in [7, 11) is 0. The minimum absolute atomic E-state index is 0.261. The lowest BCUT2D eigenvalue weighted by Gasteiger charge is -2.15. The van der Waals surface area contributed by atoms with E-state index in [1.807, 2.05) is 36.4 Å². The number of halogens is 1. The van der Waals surface area contributed by atoms with Crippen molar-refractivity contribution >= 4 is 40.0 Å². The monoisotopic (exact) mass is 460 g/mol. The summed E-state index contributed by atoms with van der Waals surface area (Å²) in [5, 5.41) is 0. The molecule has 2 aromatic carbocycles. The zero-order valence-electron chi connectivity index (χ0n) is 14.8. The molecule has 7 nitrogen and oxygen atoms in total. The number of carbonyl (C=O) groups is 2. The molecule has 0 radical (unpaired) electrons. The van der Waals surface area contributed by atoms with Gasteiger partial charge in [-0.05, 0) is 49.5 Å². The number of aromatic nitrogens is 2. The van der Waals surface area contributed by atoms with E-state index in [0.29, 0.717) is 10.5 Å². The summed E-state index contributed by atoms with van der Waals surface area (Å²) in [6, 6.07) is 16.3.